The van der Waals surface area contributed by atoms with Crippen LogP contribution in [-0.4, -0.2) is 47.7 Å². The number of rotatable bonds is 5. The van der Waals surface area contributed by atoms with Crippen LogP contribution in [-0.2, 0) is 6.42 Å². The number of aliphatic imine (C=N–C) groups is 1. The summed E-state index contributed by atoms with van der Waals surface area (Å²) < 4.78 is 5.26. The predicted octanol–water partition coefficient (Wildman–Crippen LogP) is 2.43. The number of likely N-dealkylation sites (tertiary alicyclic amines) is 1. The van der Waals surface area contributed by atoms with Crippen molar-refractivity contribution >= 4 is 5.96 Å². The van der Waals surface area contributed by atoms with E-state index in [-0.39, 0.29) is 0 Å². The first-order valence-electron chi connectivity index (χ1n) is 8.38. The first-order valence-corrected chi connectivity index (χ1v) is 8.38. The number of aryl methyl sites for hydroxylation is 1. The number of aromatic nitrogens is 2. The fraction of sp³-hybridized carbons (Fsp3) is 0.812. The van der Waals surface area contributed by atoms with Gasteiger partial charge in [0.25, 0.3) is 0 Å². The minimum Gasteiger partial charge on any atom is -0.356 e. The average Bonchev–Trinajstić information content (AvgIpc) is 2.96. The van der Waals surface area contributed by atoms with Crippen LogP contribution in [0.5, 0.6) is 0 Å². The number of nitrogens with one attached hydrogen (secondary N) is 1. The zero-order chi connectivity index (χ0) is 15.9. The van der Waals surface area contributed by atoms with Gasteiger partial charge >= 0.3 is 0 Å². The maximum absolute atomic E-state index is 5.26. The third-order valence-corrected chi connectivity index (χ3v) is 4.02. The van der Waals surface area contributed by atoms with E-state index in [0.29, 0.717) is 5.92 Å². The highest BCUT2D eigenvalue weighted by molar-refractivity contribution is 5.79. The van der Waals surface area contributed by atoms with E-state index in [1.165, 1.54) is 12.8 Å². The molecule has 0 aromatic carbocycles. The van der Waals surface area contributed by atoms with Gasteiger partial charge in [0.2, 0.25) is 5.89 Å². The highest BCUT2D eigenvalue weighted by Gasteiger charge is 2.18. The normalized spacial score (nSPS) is 19.8. The average molecular weight is 307 g/mol. The molecule has 1 fully saturated rings. The highest BCUT2D eigenvalue weighted by atomic mass is 16.5. The van der Waals surface area contributed by atoms with Gasteiger partial charge < -0.3 is 14.7 Å². The minimum atomic E-state index is 0.315. The molecule has 0 spiro atoms. The van der Waals surface area contributed by atoms with Crippen molar-refractivity contribution in [3.8, 4) is 0 Å². The van der Waals surface area contributed by atoms with Crippen LogP contribution < -0.4 is 5.32 Å². The number of piperidine rings is 1. The van der Waals surface area contributed by atoms with Crippen LogP contribution in [0.2, 0.25) is 0 Å². The van der Waals surface area contributed by atoms with Crippen molar-refractivity contribution in [2.24, 2.45) is 10.9 Å². The van der Waals surface area contributed by atoms with Crippen LogP contribution in [0, 0.1) is 5.92 Å². The van der Waals surface area contributed by atoms with Gasteiger partial charge in [0.1, 0.15) is 0 Å². The molecule has 1 aliphatic rings. The number of guanidine groups is 1. The summed E-state index contributed by atoms with van der Waals surface area (Å²) in [5.41, 5.74) is 0. The highest BCUT2D eigenvalue weighted by Crippen LogP contribution is 2.15. The maximum atomic E-state index is 5.26. The predicted molar refractivity (Wildman–Crippen MR) is 88.0 cm³/mol. The maximum Gasteiger partial charge on any atom is 0.226 e. The molecule has 1 saturated heterocycles. The van der Waals surface area contributed by atoms with Crippen molar-refractivity contribution in [3.05, 3.63) is 11.7 Å². The van der Waals surface area contributed by atoms with Crippen molar-refractivity contribution in [2.45, 2.75) is 52.4 Å². The van der Waals surface area contributed by atoms with Gasteiger partial charge in [0.15, 0.2) is 11.8 Å². The van der Waals surface area contributed by atoms with Gasteiger partial charge in [0, 0.05) is 39.0 Å². The monoisotopic (exact) mass is 307 g/mol. The lowest BCUT2D eigenvalue weighted by atomic mass is 10.0. The van der Waals surface area contributed by atoms with Gasteiger partial charge in [-0.25, -0.2) is 0 Å². The van der Waals surface area contributed by atoms with Gasteiger partial charge in [-0.05, 0) is 25.2 Å². The molecule has 1 unspecified atom stereocenters. The van der Waals surface area contributed by atoms with Crippen molar-refractivity contribution < 1.29 is 4.52 Å². The van der Waals surface area contributed by atoms with Crippen LogP contribution in [0.3, 0.4) is 0 Å². The fourth-order valence-electron chi connectivity index (χ4n) is 2.76. The summed E-state index contributed by atoms with van der Waals surface area (Å²) in [6.07, 6.45) is 4.34. The van der Waals surface area contributed by atoms with Crippen molar-refractivity contribution in [2.75, 3.05) is 26.7 Å². The molecule has 1 aromatic rings. The molecule has 0 radical (unpaired) electrons. The fourth-order valence-corrected chi connectivity index (χ4v) is 2.76. The lowest BCUT2D eigenvalue weighted by molar-refractivity contribution is 0.266. The molecule has 0 bridgehead atoms. The van der Waals surface area contributed by atoms with Crippen LogP contribution in [0.4, 0.5) is 0 Å². The Kier molecular flexibility index (Phi) is 6.21. The molecule has 0 saturated carbocycles. The number of hydrogen-bond acceptors (Lipinski definition) is 4. The van der Waals surface area contributed by atoms with Crippen LogP contribution in [0.15, 0.2) is 9.52 Å². The van der Waals surface area contributed by atoms with Crippen molar-refractivity contribution in [3.63, 3.8) is 0 Å². The first kappa shape index (κ1) is 16.8. The molecule has 0 amide bonds. The Morgan fingerprint density at radius 3 is 2.95 bits per heavy atom. The second kappa shape index (κ2) is 8.15. The first-order chi connectivity index (χ1) is 10.6. The molecule has 1 atom stereocenters. The molecule has 2 rings (SSSR count). The van der Waals surface area contributed by atoms with Crippen LogP contribution in [0.1, 0.15) is 57.7 Å². The summed E-state index contributed by atoms with van der Waals surface area (Å²) in [6, 6.07) is 0. The Morgan fingerprint density at radius 2 is 2.32 bits per heavy atom. The molecule has 6 heteroatoms. The van der Waals surface area contributed by atoms with E-state index in [4.69, 9.17) is 4.52 Å². The lowest BCUT2D eigenvalue weighted by Gasteiger charge is -2.33. The Bertz CT molecular complexity index is 483. The Balaban J connectivity index is 1.72. The molecular weight excluding hydrogens is 278 g/mol. The zero-order valence-corrected chi connectivity index (χ0v) is 14.3. The van der Waals surface area contributed by atoms with Gasteiger partial charge in [-0.3, -0.25) is 4.99 Å². The summed E-state index contributed by atoms with van der Waals surface area (Å²) in [6.45, 7) is 9.52. The van der Waals surface area contributed by atoms with Gasteiger partial charge in [0.05, 0.1) is 0 Å². The van der Waals surface area contributed by atoms with Crippen LogP contribution >= 0.6 is 0 Å². The Labute approximate surface area is 133 Å². The van der Waals surface area contributed by atoms with E-state index in [0.717, 1.165) is 56.1 Å². The molecular formula is C16H29N5O. The molecule has 6 nitrogen and oxygen atoms in total. The quantitative estimate of drug-likeness (QED) is 0.514. The molecule has 1 aromatic heterocycles. The van der Waals surface area contributed by atoms with Gasteiger partial charge in [-0.15, -0.1) is 0 Å². The van der Waals surface area contributed by atoms with Gasteiger partial charge in [-0.2, -0.15) is 4.98 Å². The van der Waals surface area contributed by atoms with E-state index in [1.807, 2.05) is 7.05 Å². The second-order valence-corrected chi connectivity index (χ2v) is 6.47. The third-order valence-electron chi connectivity index (χ3n) is 4.02. The van der Waals surface area contributed by atoms with Crippen molar-refractivity contribution in [1.29, 1.82) is 0 Å². The topological polar surface area (TPSA) is 66.5 Å². The largest absolute Gasteiger partial charge is 0.356 e. The summed E-state index contributed by atoms with van der Waals surface area (Å²) in [4.78, 5) is 11.2. The van der Waals surface area contributed by atoms with E-state index in [2.05, 4.69) is 46.1 Å². The zero-order valence-electron chi connectivity index (χ0n) is 14.3. The Morgan fingerprint density at radius 1 is 1.50 bits per heavy atom. The summed E-state index contributed by atoms with van der Waals surface area (Å²) in [5.74, 6) is 3.60. The van der Waals surface area contributed by atoms with Gasteiger partial charge in [-0.1, -0.05) is 25.9 Å². The van der Waals surface area contributed by atoms with Crippen LogP contribution in [0.25, 0.3) is 0 Å². The lowest BCUT2D eigenvalue weighted by Crippen LogP contribution is -2.46. The van der Waals surface area contributed by atoms with E-state index in [9.17, 15) is 0 Å². The molecule has 124 valence electrons. The summed E-state index contributed by atoms with van der Waals surface area (Å²) in [7, 11) is 1.86. The number of nitrogens with zero attached hydrogens (tertiary/aromatic N) is 4. The SMILES string of the molecule is CN=C(NCCCc1nc(C(C)C)no1)N1CCCC(C)C1. The molecule has 2 heterocycles. The third kappa shape index (κ3) is 4.71. The van der Waals surface area contributed by atoms with Crippen molar-refractivity contribution in [1.82, 2.24) is 20.4 Å². The summed E-state index contributed by atoms with van der Waals surface area (Å²) in [5, 5.41) is 7.43. The van der Waals surface area contributed by atoms with E-state index in [1.54, 1.807) is 0 Å². The molecule has 22 heavy (non-hydrogen) atoms. The summed E-state index contributed by atoms with van der Waals surface area (Å²) >= 11 is 0. The molecule has 1 N–H and O–H groups in total. The molecule has 1 aliphatic heterocycles. The Hall–Kier alpha value is -1.59. The number of hydrogen-bond donors (Lipinski definition) is 1. The van der Waals surface area contributed by atoms with E-state index >= 15 is 0 Å². The van der Waals surface area contributed by atoms with E-state index < -0.39 is 0 Å². The molecule has 0 aliphatic carbocycles. The smallest absolute Gasteiger partial charge is 0.226 e. The minimum absolute atomic E-state index is 0.315. The standard InChI is InChI=1S/C16H29N5O/c1-12(2)15-19-14(22-20-15)8-5-9-18-16(17-4)21-10-6-7-13(3)11-21/h12-13H,5-11H2,1-4H3,(H,17,18). The second-order valence-electron chi connectivity index (χ2n) is 6.47.